The van der Waals surface area contributed by atoms with Gasteiger partial charge in [0, 0.05) is 30.9 Å². The minimum absolute atomic E-state index is 0.202. The zero-order chi connectivity index (χ0) is 22.3. The summed E-state index contributed by atoms with van der Waals surface area (Å²) in [5, 5.41) is 9.42. The highest BCUT2D eigenvalue weighted by molar-refractivity contribution is 7.89. The molecule has 1 heterocycles. The van der Waals surface area contributed by atoms with Crippen molar-refractivity contribution in [3.63, 3.8) is 0 Å². The van der Waals surface area contributed by atoms with Crippen molar-refractivity contribution < 1.29 is 18.3 Å². The van der Waals surface area contributed by atoms with E-state index in [1.807, 2.05) is 19.9 Å². The summed E-state index contributed by atoms with van der Waals surface area (Å²) >= 11 is 0. The highest BCUT2D eigenvalue weighted by Gasteiger charge is 2.41. The van der Waals surface area contributed by atoms with Crippen molar-refractivity contribution >= 4 is 21.7 Å². The Morgan fingerprint density at radius 3 is 2.26 bits per heavy atom. The van der Waals surface area contributed by atoms with E-state index < -0.39 is 21.9 Å². The number of hydrogen-bond donors (Lipinski definition) is 1. The van der Waals surface area contributed by atoms with Crippen LogP contribution in [0.3, 0.4) is 0 Å². The van der Waals surface area contributed by atoms with Crippen molar-refractivity contribution in [2.24, 2.45) is 5.92 Å². The summed E-state index contributed by atoms with van der Waals surface area (Å²) in [6, 6.07) is 13.3. The molecule has 2 aromatic rings. The maximum Gasteiger partial charge on any atom is 0.307 e. The van der Waals surface area contributed by atoms with Crippen molar-refractivity contribution in [1.82, 2.24) is 4.31 Å². The van der Waals surface area contributed by atoms with E-state index in [1.54, 1.807) is 16.4 Å². The van der Waals surface area contributed by atoms with E-state index >= 15 is 0 Å². The molecule has 166 valence electrons. The van der Waals surface area contributed by atoms with Gasteiger partial charge in [-0.2, -0.15) is 4.31 Å². The van der Waals surface area contributed by atoms with Gasteiger partial charge in [0.05, 0.1) is 10.8 Å². The van der Waals surface area contributed by atoms with Gasteiger partial charge in [0.15, 0.2) is 0 Å². The van der Waals surface area contributed by atoms with Crippen LogP contribution in [0.4, 0.5) is 5.69 Å². The normalized spacial score (nSPS) is 24.2. The molecule has 1 fully saturated rings. The predicted octanol–water partition coefficient (Wildman–Crippen LogP) is 3.34. The number of aryl methyl sites for hydroxylation is 1. The Morgan fingerprint density at radius 1 is 1.03 bits per heavy atom. The molecule has 1 unspecified atom stereocenters. The van der Waals surface area contributed by atoms with Crippen LogP contribution in [-0.2, 0) is 34.1 Å². The third-order valence-electron chi connectivity index (χ3n) is 6.60. The van der Waals surface area contributed by atoms with Crippen molar-refractivity contribution in [3.8, 4) is 0 Å². The third kappa shape index (κ3) is 3.96. The zero-order valence-electron chi connectivity index (χ0n) is 18.3. The Labute approximate surface area is 184 Å². The smallest absolute Gasteiger partial charge is 0.307 e. The van der Waals surface area contributed by atoms with Gasteiger partial charge in [-0.05, 0) is 68.0 Å². The number of benzene rings is 2. The second-order valence-electron chi connectivity index (χ2n) is 8.80. The van der Waals surface area contributed by atoms with E-state index in [4.69, 9.17) is 0 Å². The third-order valence-corrected chi connectivity index (χ3v) is 8.81. The Kier molecular flexibility index (Phi) is 5.83. The van der Waals surface area contributed by atoms with Gasteiger partial charge < -0.3 is 10.0 Å². The summed E-state index contributed by atoms with van der Waals surface area (Å²) in [7, 11) is -3.74. The number of fused-ring (bicyclic) bond motifs is 1. The van der Waals surface area contributed by atoms with E-state index in [0.717, 1.165) is 17.7 Å². The number of carbonyl (C=O) groups is 1. The molecule has 1 aliphatic carbocycles. The van der Waals surface area contributed by atoms with Crippen LogP contribution in [0.15, 0.2) is 47.4 Å². The first-order valence-corrected chi connectivity index (χ1v) is 12.4. The van der Waals surface area contributed by atoms with E-state index in [1.165, 1.54) is 5.56 Å². The number of piperazine rings is 1. The van der Waals surface area contributed by atoms with Crippen LogP contribution in [0.2, 0.25) is 0 Å². The lowest BCUT2D eigenvalue weighted by Crippen LogP contribution is -2.58. The second kappa shape index (κ2) is 8.28. The minimum Gasteiger partial charge on any atom is -0.481 e. The number of rotatable bonds is 5. The van der Waals surface area contributed by atoms with Crippen LogP contribution in [-0.4, -0.2) is 49.0 Å². The minimum atomic E-state index is -3.74. The Morgan fingerprint density at radius 2 is 1.68 bits per heavy atom. The number of nitrogens with zero attached hydrogens (tertiary/aromatic N) is 2. The molecule has 31 heavy (non-hydrogen) atoms. The SMILES string of the molecule is CCc1ccc(N2C[C@@H](C)N(S(=O)(=O)c3cccc4c3CC(C(=O)O)C4)[C@@H](C)C2)cc1. The van der Waals surface area contributed by atoms with Gasteiger partial charge in [0.2, 0.25) is 10.0 Å². The Hall–Kier alpha value is -2.38. The predicted molar refractivity (Wildman–Crippen MR) is 121 cm³/mol. The molecule has 0 spiro atoms. The van der Waals surface area contributed by atoms with Crippen LogP contribution < -0.4 is 4.90 Å². The number of sulfonamides is 1. The largest absolute Gasteiger partial charge is 0.481 e. The molecule has 0 amide bonds. The molecule has 0 saturated carbocycles. The molecule has 4 rings (SSSR count). The molecule has 1 aliphatic heterocycles. The fraction of sp³-hybridized carbons (Fsp3) is 0.458. The first kappa shape index (κ1) is 21.8. The van der Waals surface area contributed by atoms with Crippen LogP contribution >= 0.6 is 0 Å². The van der Waals surface area contributed by atoms with E-state index in [-0.39, 0.29) is 23.4 Å². The average molecular weight is 443 g/mol. The maximum absolute atomic E-state index is 13.7. The molecule has 7 heteroatoms. The fourth-order valence-corrected chi connectivity index (χ4v) is 7.17. The molecule has 1 N–H and O–H groups in total. The van der Waals surface area contributed by atoms with Gasteiger partial charge in [-0.1, -0.05) is 31.2 Å². The maximum atomic E-state index is 13.7. The van der Waals surface area contributed by atoms with Gasteiger partial charge in [-0.15, -0.1) is 0 Å². The Bertz CT molecular complexity index is 1070. The van der Waals surface area contributed by atoms with Gasteiger partial charge in [0.25, 0.3) is 0 Å². The number of carboxylic acids is 1. The van der Waals surface area contributed by atoms with E-state index in [2.05, 4.69) is 36.1 Å². The molecule has 1 saturated heterocycles. The lowest BCUT2D eigenvalue weighted by molar-refractivity contribution is -0.141. The molecular weight excluding hydrogens is 412 g/mol. The quantitative estimate of drug-likeness (QED) is 0.769. The van der Waals surface area contributed by atoms with Crippen LogP contribution in [0.25, 0.3) is 0 Å². The summed E-state index contributed by atoms with van der Waals surface area (Å²) in [6.45, 7) is 7.25. The van der Waals surface area contributed by atoms with Gasteiger partial charge in [-0.3, -0.25) is 4.79 Å². The molecule has 6 nitrogen and oxygen atoms in total. The van der Waals surface area contributed by atoms with Crippen molar-refractivity contribution in [3.05, 3.63) is 59.2 Å². The van der Waals surface area contributed by atoms with E-state index in [0.29, 0.717) is 25.1 Å². The van der Waals surface area contributed by atoms with Gasteiger partial charge in [-0.25, -0.2) is 8.42 Å². The topological polar surface area (TPSA) is 77.9 Å². The summed E-state index contributed by atoms with van der Waals surface area (Å²) in [4.78, 5) is 14.0. The molecule has 0 aromatic heterocycles. The first-order chi connectivity index (χ1) is 14.7. The average Bonchev–Trinajstić information content (AvgIpc) is 3.17. The summed E-state index contributed by atoms with van der Waals surface area (Å²) in [5.74, 6) is -1.42. The molecule has 0 radical (unpaired) electrons. The van der Waals surface area contributed by atoms with Crippen molar-refractivity contribution in [2.45, 2.75) is 57.0 Å². The van der Waals surface area contributed by atoms with Gasteiger partial charge >= 0.3 is 5.97 Å². The van der Waals surface area contributed by atoms with E-state index in [9.17, 15) is 18.3 Å². The molecule has 0 bridgehead atoms. The summed E-state index contributed by atoms with van der Waals surface area (Å²) in [6.07, 6.45) is 1.65. The zero-order valence-corrected chi connectivity index (χ0v) is 19.1. The molecule has 2 aromatic carbocycles. The van der Waals surface area contributed by atoms with Crippen molar-refractivity contribution in [2.75, 3.05) is 18.0 Å². The number of hydrogen-bond acceptors (Lipinski definition) is 4. The molecular formula is C24H30N2O4S. The summed E-state index contributed by atoms with van der Waals surface area (Å²) < 4.78 is 29.1. The highest BCUT2D eigenvalue weighted by atomic mass is 32.2. The Balaban J connectivity index is 1.60. The standard InChI is InChI=1S/C24H30N2O4S/c1-4-18-8-10-21(11-9-18)25-14-16(2)26(17(3)15-25)31(29,30)23-7-5-6-19-12-20(24(27)28)13-22(19)23/h5-11,16-17,20H,4,12-15H2,1-3H3,(H,27,28)/t16-,17+,20?. The van der Waals surface area contributed by atoms with Crippen molar-refractivity contribution in [1.29, 1.82) is 0 Å². The lowest BCUT2D eigenvalue weighted by atomic mass is 10.1. The molecule has 3 atom stereocenters. The van der Waals surface area contributed by atoms with Crippen LogP contribution in [0, 0.1) is 5.92 Å². The second-order valence-corrected chi connectivity index (χ2v) is 10.6. The summed E-state index contributed by atoms with van der Waals surface area (Å²) in [5.41, 5.74) is 3.90. The van der Waals surface area contributed by atoms with Crippen LogP contribution in [0.5, 0.6) is 0 Å². The number of carboxylic acid groups (broad SMARTS) is 1. The highest BCUT2D eigenvalue weighted by Crippen LogP contribution is 2.35. The number of aliphatic carboxylic acids is 1. The van der Waals surface area contributed by atoms with Crippen LogP contribution in [0.1, 0.15) is 37.5 Å². The fourth-order valence-electron chi connectivity index (χ4n) is 5.08. The molecule has 2 aliphatic rings. The lowest BCUT2D eigenvalue weighted by Gasteiger charge is -2.44. The van der Waals surface area contributed by atoms with Gasteiger partial charge in [0.1, 0.15) is 0 Å². The first-order valence-electron chi connectivity index (χ1n) is 10.9. The number of anilines is 1. The monoisotopic (exact) mass is 442 g/mol.